The molecule has 0 radical (unpaired) electrons. The van der Waals surface area contributed by atoms with Gasteiger partial charge in [0.25, 0.3) is 0 Å². The van der Waals surface area contributed by atoms with Crippen LogP contribution in [0.15, 0.2) is 17.3 Å². The number of rotatable bonds is 5. The third-order valence-electron chi connectivity index (χ3n) is 3.88. The first kappa shape index (κ1) is 20.1. The average Bonchev–Trinajstić information content (AvgIpc) is 2.88. The van der Waals surface area contributed by atoms with E-state index in [1.807, 2.05) is 30.7 Å². The summed E-state index contributed by atoms with van der Waals surface area (Å²) in [5.41, 5.74) is 0.146. The van der Waals surface area contributed by atoms with Gasteiger partial charge in [-0.1, -0.05) is 25.4 Å². The van der Waals surface area contributed by atoms with Gasteiger partial charge in [0.05, 0.1) is 6.04 Å². The van der Waals surface area contributed by atoms with Crippen LogP contribution in [0.1, 0.15) is 46.2 Å². The summed E-state index contributed by atoms with van der Waals surface area (Å²) >= 11 is 6.04. The molecule has 0 aliphatic carbocycles. The molecule has 0 bridgehead atoms. The van der Waals surface area contributed by atoms with Crippen molar-refractivity contribution in [3.05, 3.63) is 17.8 Å². The molecule has 1 aromatic heterocycles. The predicted octanol–water partition coefficient (Wildman–Crippen LogP) is 3.03. The first-order valence-electron chi connectivity index (χ1n) is 8.36. The fraction of sp³-hybridized carbons (Fsp3) is 0.588. The molecule has 3 N–H and O–H groups in total. The quantitative estimate of drug-likeness (QED) is 0.534. The number of aliphatic carboxylic acids is 1. The van der Waals surface area contributed by atoms with Gasteiger partial charge in [0.1, 0.15) is 11.4 Å². The van der Waals surface area contributed by atoms with Crippen LogP contribution >= 0.6 is 11.6 Å². The van der Waals surface area contributed by atoms with Crippen molar-refractivity contribution < 1.29 is 19.4 Å². The Morgan fingerprint density at radius 3 is 2.65 bits per heavy atom. The van der Waals surface area contributed by atoms with Gasteiger partial charge in [-0.05, 0) is 32.8 Å². The SMILES string of the molecule is CC(C)C(CNC(=O)OC(C)(C)C)n1ccc2c1NC(Cl)(C(=O)O)N=C2. The zero-order chi connectivity index (χ0) is 19.7. The number of aliphatic imine (C=N–C) groups is 1. The second-order valence-electron chi connectivity index (χ2n) is 7.53. The zero-order valence-corrected chi connectivity index (χ0v) is 16.3. The molecule has 2 rings (SSSR count). The van der Waals surface area contributed by atoms with E-state index in [4.69, 9.17) is 16.3 Å². The molecule has 1 aliphatic rings. The molecule has 2 unspecified atom stereocenters. The standard InChI is InChI=1S/C17H25ClN4O4/c1-10(2)12(9-19-15(25)26-16(3,4)5)22-7-6-11-8-20-17(18,14(23)24)21-13(11)22/h6-8,10,12,21H,9H2,1-5H3,(H,19,25)(H,23,24). The number of halogens is 1. The van der Waals surface area contributed by atoms with E-state index in [2.05, 4.69) is 15.6 Å². The lowest BCUT2D eigenvalue weighted by Crippen LogP contribution is -2.43. The highest BCUT2D eigenvalue weighted by atomic mass is 35.5. The predicted molar refractivity (Wildman–Crippen MR) is 100.0 cm³/mol. The Hall–Kier alpha value is -2.22. The van der Waals surface area contributed by atoms with Gasteiger partial charge in [-0.15, -0.1) is 0 Å². The van der Waals surface area contributed by atoms with Gasteiger partial charge in [-0.25, -0.2) is 14.6 Å². The number of hydrogen-bond acceptors (Lipinski definition) is 5. The van der Waals surface area contributed by atoms with Gasteiger partial charge in [0.2, 0.25) is 0 Å². The lowest BCUT2D eigenvalue weighted by Gasteiger charge is -2.30. The minimum atomic E-state index is -1.94. The second kappa shape index (κ2) is 7.19. The van der Waals surface area contributed by atoms with E-state index in [-0.39, 0.29) is 12.0 Å². The van der Waals surface area contributed by atoms with Crippen LogP contribution in [0.3, 0.4) is 0 Å². The molecule has 26 heavy (non-hydrogen) atoms. The number of carboxylic acid groups (broad SMARTS) is 1. The van der Waals surface area contributed by atoms with Gasteiger partial charge in [-0.2, -0.15) is 0 Å². The van der Waals surface area contributed by atoms with Crippen LogP contribution in [0.2, 0.25) is 0 Å². The molecule has 1 amide bonds. The summed E-state index contributed by atoms with van der Waals surface area (Å²) in [6.45, 7) is 9.72. The van der Waals surface area contributed by atoms with Crippen molar-refractivity contribution >= 4 is 35.7 Å². The number of carboxylic acids is 1. The molecule has 0 saturated carbocycles. The number of carbonyl (C=O) groups is 2. The van der Waals surface area contributed by atoms with Crippen LogP contribution in [0.25, 0.3) is 0 Å². The molecule has 144 valence electrons. The van der Waals surface area contributed by atoms with Crippen LogP contribution in [0, 0.1) is 5.92 Å². The highest BCUT2D eigenvalue weighted by Crippen LogP contribution is 2.33. The number of ether oxygens (including phenoxy) is 1. The van der Waals surface area contributed by atoms with Gasteiger partial charge >= 0.3 is 17.2 Å². The Morgan fingerprint density at radius 1 is 1.46 bits per heavy atom. The Morgan fingerprint density at radius 2 is 2.12 bits per heavy atom. The molecule has 8 nitrogen and oxygen atoms in total. The molecule has 0 aromatic carbocycles. The number of aromatic nitrogens is 1. The van der Waals surface area contributed by atoms with Crippen LogP contribution < -0.4 is 10.6 Å². The number of amides is 1. The highest BCUT2D eigenvalue weighted by Gasteiger charge is 2.39. The smallest absolute Gasteiger partial charge is 0.407 e. The number of alkyl halides is 1. The average molecular weight is 385 g/mol. The molecule has 1 aromatic rings. The molecule has 0 spiro atoms. The lowest BCUT2D eigenvalue weighted by atomic mass is 10.0. The maximum atomic E-state index is 12.0. The molecule has 1 aliphatic heterocycles. The maximum Gasteiger partial charge on any atom is 0.407 e. The molecule has 0 saturated heterocycles. The monoisotopic (exact) mass is 384 g/mol. The fourth-order valence-electron chi connectivity index (χ4n) is 2.59. The number of alkyl carbamates (subject to hydrolysis) is 1. The fourth-order valence-corrected chi connectivity index (χ4v) is 2.73. The first-order valence-corrected chi connectivity index (χ1v) is 8.74. The number of hydrogen-bond donors (Lipinski definition) is 3. The van der Waals surface area contributed by atoms with Gasteiger partial charge < -0.3 is 25.0 Å². The Kier molecular flexibility index (Phi) is 5.55. The van der Waals surface area contributed by atoms with E-state index in [0.29, 0.717) is 12.4 Å². The van der Waals surface area contributed by atoms with Crippen molar-refractivity contribution in [2.45, 2.75) is 51.4 Å². The van der Waals surface area contributed by atoms with Gasteiger partial charge in [0.15, 0.2) is 0 Å². The third-order valence-corrected chi connectivity index (χ3v) is 4.23. The van der Waals surface area contributed by atoms with Crippen LogP contribution in [-0.2, 0) is 9.53 Å². The third kappa shape index (κ3) is 4.49. The summed E-state index contributed by atoms with van der Waals surface area (Å²) in [5.74, 6) is -0.597. The topological polar surface area (TPSA) is 105 Å². The molecule has 0 fully saturated rings. The number of anilines is 1. The van der Waals surface area contributed by atoms with Crippen molar-refractivity contribution in [1.29, 1.82) is 0 Å². The van der Waals surface area contributed by atoms with E-state index in [9.17, 15) is 14.7 Å². The van der Waals surface area contributed by atoms with Crippen molar-refractivity contribution in [3.8, 4) is 0 Å². The summed E-state index contributed by atoms with van der Waals surface area (Å²) in [4.78, 5) is 27.2. The van der Waals surface area contributed by atoms with Crippen molar-refractivity contribution in [2.75, 3.05) is 11.9 Å². The second-order valence-corrected chi connectivity index (χ2v) is 8.08. The summed E-state index contributed by atoms with van der Waals surface area (Å²) in [6, 6.07) is 1.67. The Bertz CT molecular complexity index is 723. The van der Waals surface area contributed by atoms with Crippen molar-refractivity contribution in [2.24, 2.45) is 10.9 Å². The summed E-state index contributed by atoms with van der Waals surface area (Å²) in [6.07, 6.45) is 2.74. The first-order chi connectivity index (χ1) is 11.9. The summed E-state index contributed by atoms with van der Waals surface area (Å²) < 4.78 is 7.13. The van der Waals surface area contributed by atoms with Crippen molar-refractivity contribution in [1.82, 2.24) is 9.88 Å². The highest BCUT2D eigenvalue weighted by molar-refractivity contribution is 6.35. The molecule has 9 heteroatoms. The largest absolute Gasteiger partial charge is 0.477 e. The van der Waals surface area contributed by atoms with E-state index in [1.165, 1.54) is 6.21 Å². The van der Waals surface area contributed by atoms with Crippen LogP contribution in [0.5, 0.6) is 0 Å². The molecule has 2 heterocycles. The Balaban J connectivity index is 2.20. The van der Waals surface area contributed by atoms with E-state index in [1.54, 1.807) is 20.8 Å². The molecular formula is C17H25ClN4O4. The number of carbonyl (C=O) groups excluding carboxylic acids is 1. The summed E-state index contributed by atoms with van der Waals surface area (Å²) in [7, 11) is 0. The number of fused-ring (bicyclic) bond motifs is 1. The zero-order valence-electron chi connectivity index (χ0n) is 15.5. The summed E-state index contributed by atoms with van der Waals surface area (Å²) in [5, 5.41) is 12.9. The number of nitrogens with zero attached hydrogens (tertiary/aromatic N) is 2. The molecule has 2 atom stereocenters. The van der Waals surface area contributed by atoms with Crippen molar-refractivity contribution in [3.63, 3.8) is 0 Å². The van der Waals surface area contributed by atoms with E-state index >= 15 is 0 Å². The minimum absolute atomic E-state index is 0.139. The number of nitrogens with one attached hydrogen (secondary N) is 2. The minimum Gasteiger partial charge on any atom is -0.477 e. The van der Waals surface area contributed by atoms with E-state index < -0.39 is 22.8 Å². The maximum absolute atomic E-state index is 12.0. The van der Waals surface area contributed by atoms with Crippen LogP contribution in [0.4, 0.5) is 10.6 Å². The molecular weight excluding hydrogens is 360 g/mol. The Labute approximate surface area is 157 Å². The van der Waals surface area contributed by atoms with Gasteiger partial charge in [0, 0.05) is 24.5 Å². The lowest BCUT2D eigenvalue weighted by molar-refractivity contribution is -0.139. The van der Waals surface area contributed by atoms with Crippen LogP contribution in [-0.4, -0.2) is 45.2 Å². The van der Waals surface area contributed by atoms with E-state index in [0.717, 1.165) is 5.56 Å². The van der Waals surface area contributed by atoms with Gasteiger partial charge in [-0.3, -0.25) is 0 Å². The normalized spacial score (nSPS) is 20.3.